The first-order valence-electron chi connectivity index (χ1n) is 9.55. The second kappa shape index (κ2) is 9.13. The van der Waals surface area contributed by atoms with Crippen LogP contribution < -0.4 is 4.90 Å². The number of hydrogen-bond donors (Lipinski definition) is 0. The third-order valence-electron chi connectivity index (χ3n) is 5.20. The quantitative estimate of drug-likeness (QED) is 0.401. The summed E-state index contributed by atoms with van der Waals surface area (Å²) in [6.45, 7) is 1.11. The lowest BCUT2D eigenvalue weighted by Crippen LogP contribution is -2.39. The molecule has 1 aromatic heterocycles. The summed E-state index contributed by atoms with van der Waals surface area (Å²) in [5, 5.41) is 2.36. The topological polar surface area (TPSA) is 50.3 Å². The predicted octanol–water partition coefficient (Wildman–Crippen LogP) is 5.87. The van der Waals surface area contributed by atoms with Crippen molar-refractivity contribution in [2.24, 2.45) is 0 Å². The first-order valence-corrected chi connectivity index (χ1v) is 13.2. The molecule has 0 radical (unpaired) electrons. The van der Waals surface area contributed by atoms with Crippen LogP contribution in [0.25, 0.3) is 0 Å². The van der Waals surface area contributed by atoms with Gasteiger partial charge in [0.25, 0.3) is 0 Å². The van der Waals surface area contributed by atoms with Crippen LogP contribution in [0.15, 0.2) is 51.1 Å². The molecule has 0 atom stereocenters. The third kappa shape index (κ3) is 5.10. The minimum absolute atomic E-state index is 0.162. The minimum Gasteiger partial charge on any atom is -0.348 e. The van der Waals surface area contributed by atoms with E-state index in [0.29, 0.717) is 37.9 Å². The standard InChI is InChI=1S/C21H18BrClF2N2O2S2/c22-14-1-2-20(19(23)10-14)31(28,29)18-3-5-27(6-4-18)21-26-17(12-30-21)9-13-7-15(24)11-16(25)8-13/h1-2,7-8,10-12,18H,3-6,9H2. The van der Waals surface area contributed by atoms with E-state index in [2.05, 4.69) is 25.8 Å². The molecule has 2 aromatic carbocycles. The molecule has 1 fully saturated rings. The molecule has 10 heteroatoms. The minimum atomic E-state index is -3.53. The van der Waals surface area contributed by atoms with Gasteiger partial charge in [0.1, 0.15) is 11.6 Å². The molecule has 0 bridgehead atoms. The lowest BCUT2D eigenvalue weighted by atomic mass is 10.1. The molecule has 0 saturated carbocycles. The third-order valence-corrected chi connectivity index (χ3v) is 9.39. The van der Waals surface area contributed by atoms with E-state index in [9.17, 15) is 17.2 Å². The van der Waals surface area contributed by atoms with Gasteiger partial charge in [-0.05, 0) is 48.7 Å². The highest BCUT2D eigenvalue weighted by Crippen LogP contribution is 2.33. The van der Waals surface area contributed by atoms with Crippen molar-refractivity contribution in [2.75, 3.05) is 18.0 Å². The van der Waals surface area contributed by atoms with Crippen molar-refractivity contribution in [3.63, 3.8) is 0 Å². The van der Waals surface area contributed by atoms with Gasteiger partial charge in [-0.3, -0.25) is 0 Å². The van der Waals surface area contributed by atoms with Gasteiger partial charge in [0.15, 0.2) is 15.0 Å². The molecule has 0 unspecified atom stereocenters. The smallest absolute Gasteiger partial charge is 0.185 e. The van der Waals surface area contributed by atoms with Gasteiger partial charge < -0.3 is 4.90 Å². The van der Waals surface area contributed by atoms with Crippen molar-refractivity contribution in [3.8, 4) is 0 Å². The molecule has 164 valence electrons. The average molecular weight is 548 g/mol. The molecule has 4 nitrogen and oxygen atoms in total. The van der Waals surface area contributed by atoms with Crippen LogP contribution in [0.3, 0.4) is 0 Å². The lowest BCUT2D eigenvalue weighted by Gasteiger charge is -2.31. The van der Waals surface area contributed by atoms with Crippen molar-refractivity contribution < 1.29 is 17.2 Å². The van der Waals surface area contributed by atoms with Gasteiger partial charge >= 0.3 is 0 Å². The van der Waals surface area contributed by atoms with Crippen LogP contribution in [0, 0.1) is 11.6 Å². The number of nitrogens with zero attached hydrogens (tertiary/aromatic N) is 2. The monoisotopic (exact) mass is 546 g/mol. The Morgan fingerprint density at radius 3 is 2.45 bits per heavy atom. The zero-order valence-electron chi connectivity index (χ0n) is 16.2. The van der Waals surface area contributed by atoms with Crippen molar-refractivity contribution in [1.29, 1.82) is 0 Å². The van der Waals surface area contributed by atoms with Gasteiger partial charge in [-0.15, -0.1) is 11.3 Å². The Kier molecular flexibility index (Phi) is 6.67. The molecule has 3 aromatic rings. The largest absolute Gasteiger partial charge is 0.348 e. The Morgan fingerprint density at radius 2 is 1.81 bits per heavy atom. The van der Waals surface area contributed by atoms with E-state index in [0.717, 1.165) is 21.4 Å². The molecular formula is C21H18BrClF2N2O2S2. The predicted molar refractivity (Wildman–Crippen MR) is 123 cm³/mol. The van der Waals surface area contributed by atoms with Crippen LogP contribution in [0.2, 0.25) is 5.02 Å². The number of hydrogen-bond acceptors (Lipinski definition) is 5. The molecular weight excluding hydrogens is 530 g/mol. The van der Waals surface area contributed by atoms with Crippen LogP contribution in [0.5, 0.6) is 0 Å². The summed E-state index contributed by atoms with van der Waals surface area (Å²) in [5.74, 6) is -1.22. The summed E-state index contributed by atoms with van der Waals surface area (Å²) in [5.41, 5.74) is 1.24. The van der Waals surface area contributed by atoms with E-state index in [4.69, 9.17) is 11.6 Å². The number of halogens is 4. The summed E-state index contributed by atoms with van der Waals surface area (Å²) in [6, 6.07) is 8.24. The molecule has 4 rings (SSSR count). The van der Waals surface area contributed by atoms with Crippen LogP contribution in [0.1, 0.15) is 24.1 Å². The van der Waals surface area contributed by atoms with E-state index in [-0.39, 0.29) is 9.92 Å². The molecule has 1 aliphatic heterocycles. The van der Waals surface area contributed by atoms with Crippen LogP contribution >= 0.6 is 38.9 Å². The number of benzene rings is 2. The number of anilines is 1. The normalized spacial score (nSPS) is 15.4. The molecule has 0 spiro atoms. The molecule has 0 N–H and O–H groups in total. The maximum Gasteiger partial charge on any atom is 0.185 e. The summed E-state index contributed by atoms with van der Waals surface area (Å²) in [7, 11) is -3.53. The highest BCUT2D eigenvalue weighted by molar-refractivity contribution is 9.10. The summed E-state index contributed by atoms with van der Waals surface area (Å²) >= 11 is 10.9. The van der Waals surface area contributed by atoms with Crippen molar-refractivity contribution in [2.45, 2.75) is 29.4 Å². The fraction of sp³-hybridized carbons (Fsp3) is 0.286. The van der Waals surface area contributed by atoms with Gasteiger partial charge in [0.05, 0.1) is 20.9 Å². The number of piperidine rings is 1. The highest BCUT2D eigenvalue weighted by atomic mass is 79.9. The van der Waals surface area contributed by atoms with E-state index in [1.54, 1.807) is 12.1 Å². The highest BCUT2D eigenvalue weighted by Gasteiger charge is 2.33. The Hall–Kier alpha value is -1.55. The fourth-order valence-corrected chi connectivity index (χ4v) is 7.34. The van der Waals surface area contributed by atoms with E-state index in [1.807, 2.05) is 5.38 Å². The molecule has 0 aliphatic carbocycles. The molecule has 31 heavy (non-hydrogen) atoms. The Balaban J connectivity index is 1.42. The van der Waals surface area contributed by atoms with Gasteiger partial charge in [-0.25, -0.2) is 22.2 Å². The zero-order chi connectivity index (χ0) is 22.2. The lowest BCUT2D eigenvalue weighted by molar-refractivity contribution is 0.529. The molecule has 1 aliphatic rings. The van der Waals surface area contributed by atoms with Crippen molar-refractivity contribution in [3.05, 3.63) is 74.2 Å². The maximum absolute atomic E-state index is 13.4. The molecule has 0 amide bonds. The van der Waals surface area contributed by atoms with E-state index in [1.165, 1.54) is 29.5 Å². The summed E-state index contributed by atoms with van der Waals surface area (Å²) in [4.78, 5) is 6.79. The number of thiazole rings is 1. The van der Waals surface area contributed by atoms with Crippen molar-refractivity contribution in [1.82, 2.24) is 4.98 Å². The first kappa shape index (κ1) is 22.6. The fourth-order valence-electron chi connectivity index (χ4n) is 3.69. The van der Waals surface area contributed by atoms with Crippen LogP contribution in [-0.4, -0.2) is 31.7 Å². The second-order valence-electron chi connectivity index (χ2n) is 7.38. The van der Waals surface area contributed by atoms with E-state index >= 15 is 0 Å². The van der Waals surface area contributed by atoms with Gasteiger partial charge in [-0.2, -0.15) is 0 Å². The van der Waals surface area contributed by atoms with Crippen LogP contribution in [0.4, 0.5) is 13.9 Å². The Labute approximate surface area is 196 Å². The summed E-state index contributed by atoms with van der Waals surface area (Å²) in [6.07, 6.45) is 1.27. The number of aromatic nitrogens is 1. The number of rotatable bonds is 5. The van der Waals surface area contributed by atoms with Crippen LogP contribution in [-0.2, 0) is 16.3 Å². The van der Waals surface area contributed by atoms with Crippen molar-refractivity contribution >= 4 is 53.8 Å². The second-order valence-corrected chi connectivity index (χ2v) is 11.7. The average Bonchev–Trinajstić information content (AvgIpc) is 3.15. The number of sulfone groups is 1. The molecule has 2 heterocycles. The van der Waals surface area contributed by atoms with Gasteiger partial charge in [0, 0.05) is 35.4 Å². The zero-order valence-corrected chi connectivity index (χ0v) is 20.2. The summed E-state index contributed by atoms with van der Waals surface area (Å²) < 4.78 is 53.6. The van der Waals surface area contributed by atoms with E-state index < -0.39 is 26.7 Å². The first-order chi connectivity index (χ1) is 14.7. The van der Waals surface area contributed by atoms with Gasteiger partial charge in [-0.1, -0.05) is 27.5 Å². The van der Waals surface area contributed by atoms with Gasteiger partial charge in [0.2, 0.25) is 0 Å². The maximum atomic E-state index is 13.4. The SMILES string of the molecule is O=S(=O)(c1ccc(Br)cc1Cl)C1CCN(c2nc(Cc3cc(F)cc(F)c3)cs2)CC1. The Morgan fingerprint density at radius 1 is 1.13 bits per heavy atom. The Bertz CT molecular complexity index is 1190. The molecule has 1 saturated heterocycles.